The van der Waals surface area contributed by atoms with Gasteiger partial charge in [0.05, 0.1) is 0 Å². The molecular weight excluding hydrogens is 250 g/mol. The van der Waals surface area contributed by atoms with E-state index in [2.05, 4.69) is 16.7 Å². The number of rotatable bonds is 5. The third-order valence-electron chi connectivity index (χ3n) is 4.09. The van der Waals surface area contributed by atoms with E-state index in [4.69, 9.17) is 0 Å². The summed E-state index contributed by atoms with van der Waals surface area (Å²) < 4.78 is 28.4. The molecule has 5 nitrogen and oxygen atoms in total. The van der Waals surface area contributed by atoms with Crippen molar-refractivity contribution in [3.63, 3.8) is 0 Å². The molecule has 1 N–H and O–H groups in total. The van der Waals surface area contributed by atoms with Crippen LogP contribution in [0.3, 0.4) is 0 Å². The summed E-state index contributed by atoms with van der Waals surface area (Å²) in [6.45, 7) is 3.06. The van der Waals surface area contributed by atoms with Gasteiger partial charge < -0.3 is 4.90 Å². The van der Waals surface area contributed by atoms with Gasteiger partial charge in [0, 0.05) is 25.7 Å². The second kappa shape index (κ2) is 6.32. The average molecular weight is 275 g/mol. The first-order chi connectivity index (χ1) is 8.59. The lowest BCUT2D eigenvalue weighted by atomic mass is 10.1. The molecule has 2 heterocycles. The summed E-state index contributed by atoms with van der Waals surface area (Å²) in [7, 11) is -1.11. The molecule has 0 aromatic heterocycles. The van der Waals surface area contributed by atoms with Gasteiger partial charge in [0.2, 0.25) is 0 Å². The molecule has 0 aromatic carbocycles. The Hall–Kier alpha value is -0.170. The second-order valence-corrected chi connectivity index (χ2v) is 7.18. The van der Waals surface area contributed by atoms with Crippen LogP contribution >= 0.6 is 0 Å². The Morgan fingerprint density at radius 3 is 2.44 bits per heavy atom. The summed E-state index contributed by atoms with van der Waals surface area (Å²) in [5, 5.41) is 0. The van der Waals surface area contributed by atoms with Crippen molar-refractivity contribution < 1.29 is 8.42 Å². The number of nitrogens with one attached hydrogen (secondary N) is 1. The number of piperidine rings is 1. The van der Waals surface area contributed by atoms with Crippen molar-refractivity contribution in [3.05, 3.63) is 0 Å². The van der Waals surface area contributed by atoms with Gasteiger partial charge in [-0.05, 0) is 45.7 Å². The molecule has 0 amide bonds. The Balaban J connectivity index is 1.74. The van der Waals surface area contributed by atoms with Crippen LogP contribution in [0.5, 0.6) is 0 Å². The summed E-state index contributed by atoms with van der Waals surface area (Å²) in [5.74, 6) is 0. The van der Waals surface area contributed by atoms with Crippen LogP contribution in [0.4, 0.5) is 0 Å². The quantitative estimate of drug-likeness (QED) is 0.807. The van der Waals surface area contributed by atoms with E-state index in [1.165, 1.54) is 12.8 Å². The highest BCUT2D eigenvalue weighted by Crippen LogP contribution is 2.17. The summed E-state index contributed by atoms with van der Waals surface area (Å²) >= 11 is 0. The van der Waals surface area contributed by atoms with Crippen LogP contribution < -0.4 is 4.72 Å². The summed E-state index contributed by atoms with van der Waals surface area (Å²) in [6, 6.07) is 0.550. The Morgan fingerprint density at radius 1 is 1.11 bits per heavy atom. The molecule has 1 unspecified atom stereocenters. The van der Waals surface area contributed by atoms with Gasteiger partial charge in [0.1, 0.15) is 0 Å². The molecule has 0 bridgehead atoms. The number of likely N-dealkylation sites (tertiary alicyclic amines) is 1. The maximum absolute atomic E-state index is 12.0. The zero-order valence-corrected chi connectivity index (χ0v) is 12.1. The first-order valence-electron chi connectivity index (χ1n) is 7.04. The number of nitrogens with zero attached hydrogens (tertiary/aromatic N) is 2. The van der Waals surface area contributed by atoms with Crippen molar-refractivity contribution in [1.82, 2.24) is 13.9 Å². The molecule has 2 fully saturated rings. The predicted octanol–water partition coefficient (Wildman–Crippen LogP) is 0.791. The minimum Gasteiger partial charge on any atom is -0.303 e. The van der Waals surface area contributed by atoms with E-state index in [1.807, 2.05) is 0 Å². The number of hydrogen-bond acceptors (Lipinski definition) is 3. The van der Waals surface area contributed by atoms with E-state index in [0.717, 1.165) is 32.2 Å². The van der Waals surface area contributed by atoms with Crippen molar-refractivity contribution >= 4 is 10.2 Å². The first-order valence-corrected chi connectivity index (χ1v) is 8.48. The van der Waals surface area contributed by atoms with E-state index < -0.39 is 10.2 Å². The second-order valence-electron chi connectivity index (χ2n) is 5.42. The molecule has 0 aromatic rings. The van der Waals surface area contributed by atoms with Crippen molar-refractivity contribution in [2.75, 3.05) is 33.2 Å². The maximum Gasteiger partial charge on any atom is 0.279 e. The largest absolute Gasteiger partial charge is 0.303 e. The molecule has 0 aliphatic carbocycles. The lowest BCUT2D eigenvalue weighted by Gasteiger charge is -2.26. The Kier molecular flexibility index (Phi) is 5.00. The van der Waals surface area contributed by atoms with E-state index >= 15 is 0 Å². The van der Waals surface area contributed by atoms with Crippen molar-refractivity contribution in [3.8, 4) is 0 Å². The molecule has 0 radical (unpaired) electrons. The lowest BCUT2D eigenvalue weighted by molar-refractivity contribution is 0.295. The fourth-order valence-corrected chi connectivity index (χ4v) is 4.19. The van der Waals surface area contributed by atoms with E-state index in [1.54, 1.807) is 4.31 Å². The Morgan fingerprint density at radius 2 is 1.83 bits per heavy atom. The van der Waals surface area contributed by atoms with E-state index in [-0.39, 0.29) is 0 Å². The molecule has 0 spiro atoms. The summed E-state index contributed by atoms with van der Waals surface area (Å²) in [6.07, 6.45) is 6.49. The molecule has 18 heavy (non-hydrogen) atoms. The average Bonchev–Trinajstić information content (AvgIpc) is 2.76. The highest BCUT2D eigenvalue weighted by atomic mass is 32.2. The fourth-order valence-electron chi connectivity index (χ4n) is 2.90. The monoisotopic (exact) mass is 275 g/mol. The van der Waals surface area contributed by atoms with Gasteiger partial charge in [-0.25, -0.2) is 4.72 Å². The molecule has 0 saturated carbocycles. The molecule has 2 rings (SSSR count). The first kappa shape index (κ1) is 14.2. The van der Waals surface area contributed by atoms with Crippen LogP contribution in [0.25, 0.3) is 0 Å². The van der Waals surface area contributed by atoms with Gasteiger partial charge in [-0.15, -0.1) is 0 Å². The van der Waals surface area contributed by atoms with Gasteiger partial charge in [-0.3, -0.25) is 0 Å². The standard InChI is InChI=1S/C12H25N3O2S/c1-14-9-5-6-12(14)7-8-13-18(16,17)15-10-3-2-4-11-15/h12-13H,2-11H2,1H3. The maximum atomic E-state index is 12.0. The predicted molar refractivity (Wildman–Crippen MR) is 72.6 cm³/mol. The third kappa shape index (κ3) is 3.66. The molecule has 6 heteroatoms. The highest BCUT2D eigenvalue weighted by molar-refractivity contribution is 7.87. The minimum absolute atomic E-state index is 0.550. The van der Waals surface area contributed by atoms with Gasteiger partial charge >= 0.3 is 0 Å². The van der Waals surface area contributed by atoms with Crippen LogP contribution in [-0.4, -0.2) is 56.9 Å². The summed E-state index contributed by atoms with van der Waals surface area (Å²) in [5.41, 5.74) is 0. The van der Waals surface area contributed by atoms with Crippen LogP contribution in [0.15, 0.2) is 0 Å². The van der Waals surface area contributed by atoms with Crippen molar-refractivity contribution in [1.29, 1.82) is 0 Å². The van der Waals surface area contributed by atoms with Crippen LogP contribution in [0, 0.1) is 0 Å². The topological polar surface area (TPSA) is 52.7 Å². The van der Waals surface area contributed by atoms with Crippen molar-refractivity contribution in [2.45, 2.75) is 44.6 Å². The molecule has 2 aliphatic heterocycles. The highest BCUT2D eigenvalue weighted by Gasteiger charge is 2.25. The van der Waals surface area contributed by atoms with Crippen LogP contribution in [0.1, 0.15) is 38.5 Å². The molecule has 2 saturated heterocycles. The van der Waals surface area contributed by atoms with Gasteiger partial charge in [-0.1, -0.05) is 6.42 Å². The normalized spacial score (nSPS) is 27.7. The smallest absolute Gasteiger partial charge is 0.279 e. The molecule has 2 aliphatic rings. The summed E-state index contributed by atoms with van der Waals surface area (Å²) in [4.78, 5) is 2.33. The van der Waals surface area contributed by atoms with Crippen molar-refractivity contribution in [2.24, 2.45) is 0 Å². The van der Waals surface area contributed by atoms with Crippen LogP contribution in [0.2, 0.25) is 0 Å². The Bertz CT molecular complexity index is 352. The lowest BCUT2D eigenvalue weighted by Crippen LogP contribution is -2.44. The zero-order chi connectivity index (χ0) is 13.0. The molecule has 1 atom stereocenters. The van der Waals surface area contributed by atoms with Gasteiger partial charge in [-0.2, -0.15) is 12.7 Å². The fraction of sp³-hybridized carbons (Fsp3) is 1.00. The van der Waals surface area contributed by atoms with E-state index in [9.17, 15) is 8.42 Å². The third-order valence-corrected chi connectivity index (χ3v) is 5.70. The van der Waals surface area contributed by atoms with Crippen LogP contribution in [-0.2, 0) is 10.2 Å². The number of hydrogen-bond donors (Lipinski definition) is 1. The Labute approximate surface area is 111 Å². The zero-order valence-electron chi connectivity index (χ0n) is 11.3. The van der Waals surface area contributed by atoms with Gasteiger partial charge in [0.25, 0.3) is 10.2 Å². The van der Waals surface area contributed by atoms with Gasteiger partial charge in [0.15, 0.2) is 0 Å². The SMILES string of the molecule is CN1CCCC1CCNS(=O)(=O)N1CCCCC1. The van der Waals surface area contributed by atoms with E-state index in [0.29, 0.717) is 25.7 Å². The minimum atomic E-state index is -3.23. The molecular formula is C12H25N3O2S. The molecule has 106 valence electrons.